The highest BCUT2D eigenvalue weighted by molar-refractivity contribution is 5.88. The van der Waals surface area contributed by atoms with E-state index in [4.69, 9.17) is 4.42 Å². The summed E-state index contributed by atoms with van der Waals surface area (Å²) in [5.74, 6) is 1.12. The summed E-state index contributed by atoms with van der Waals surface area (Å²) < 4.78 is 6.95. The molecule has 0 aliphatic heterocycles. The summed E-state index contributed by atoms with van der Waals surface area (Å²) in [6.45, 7) is 3.41. The van der Waals surface area contributed by atoms with Gasteiger partial charge in [-0.3, -0.25) is 4.68 Å². The van der Waals surface area contributed by atoms with Crippen molar-refractivity contribution in [3.05, 3.63) is 36.0 Å². The van der Waals surface area contributed by atoms with Crippen LogP contribution in [0.15, 0.2) is 28.9 Å². The van der Waals surface area contributed by atoms with Crippen molar-refractivity contribution >= 4 is 11.7 Å². The molecule has 2 rings (SSSR count). The van der Waals surface area contributed by atoms with Crippen molar-refractivity contribution < 1.29 is 14.3 Å². The van der Waals surface area contributed by atoms with Gasteiger partial charge in [0.25, 0.3) is 0 Å². The Balaban J connectivity index is 1.89. The van der Waals surface area contributed by atoms with Gasteiger partial charge < -0.3 is 20.2 Å². The number of hydrogen-bond acceptors (Lipinski definition) is 4. The van der Waals surface area contributed by atoms with E-state index < -0.39 is 11.6 Å². The predicted molar refractivity (Wildman–Crippen MR) is 73.2 cm³/mol. The second-order valence-corrected chi connectivity index (χ2v) is 4.89. The van der Waals surface area contributed by atoms with Crippen molar-refractivity contribution in [2.24, 2.45) is 7.05 Å². The summed E-state index contributed by atoms with van der Waals surface area (Å²) in [4.78, 5) is 11.7. The highest BCUT2D eigenvalue weighted by Crippen LogP contribution is 2.21. The first-order chi connectivity index (χ1) is 9.37. The van der Waals surface area contributed by atoms with Crippen LogP contribution in [0.4, 0.5) is 10.5 Å². The minimum atomic E-state index is -1.26. The molecule has 1 atom stereocenters. The molecule has 2 heterocycles. The van der Waals surface area contributed by atoms with Crippen molar-refractivity contribution in [2.45, 2.75) is 19.4 Å². The van der Waals surface area contributed by atoms with Crippen LogP contribution < -0.4 is 10.6 Å². The van der Waals surface area contributed by atoms with Crippen molar-refractivity contribution in [3.63, 3.8) is 0 Å². The molecule has 7 heteroatoms. The lowest BCUT2D eigenvalue weighted by molar-refractivity contribution is 0.0364. The van der Waals surface area contributed by atoms with Crippen LogP contribution in [0.3, 0.4) is 0 Å². The van der Waals surface area contributed by atoms with E-state index in [1.807, 2.05) is 0 Å². The van der Waals surface area contributed by atoms with Gasteiger partial charge in [-0.25, -0.2) is 4.79 Å². The quantitative estimate of drug-likeness (QED) is 0.787. The molecular weight excluding hydrogens is 260 g/mol. The molecule has 108 valence electrons. The number of aromatic nitrogens is 2. The Kier molecular flexibility index (Phi) is 3.80. The molecule has 0 aliphatic rings. The predicted octanol–water partition coefficient (Wildman–Crippen LogP) is 1.35. The number of amides is 2. The molecule has 2 amide bonds. The molecule has 0 aliphatic carbocycles. The number of anilines is 1. The Labute approximate surface area is 116 Å². The lowest BCUT2D eigenvalue weighted by Crippen LogP contribution is -2.40. The Morgan fingerprint density at radius 1 is 1.55 bits per heavy atom. The minimum Gasteiger partial charge on any atom is -0.463 e. The summed E-state index contributed by atoms with van der Waals surface area (Å²) in [6, 6.07) is 3.04. The maximum atomic E-state index is 11.7. The van der Waals surface area contributed by atoms with Gasteiger partial charge in [-0.15, -0.1) is 0 Å². The van der Waals surface area contributed by atoms with Crippen LogP contribution in [0.2, 0.25) is 0 Å². The number of carbonyl (C=O) groups is 1. The number of nitrogens with one attached hydrogen (secondary N) is 2. The Morgan fingerprint density at radius 2 is 2.30 bits per heavy atom. The molecule has 0 saturated carbocycles. The van der Waals surface area contributed by atoms with Crippen LogP contribution in [0.1, 0.15) is 18.4 Å². The van der Waals surface area contributed by atoms with Crippen LogP contribution >= 0.6 is 0 Å². The van der Waals surface area contributed by atoms with Crippen molar-refractivity contribution in [2.75, 3.05) is 11.9 Å². The molecule has 2 aromatic heterocycles. The zero-order valence-electron chi connectivity index (χ0n) is 11.7. The van der Waals surface area contributed by atoms with E-state index in [2.05, 4.69) is 15.7 Å². The highest BCUT2D eigenvalue weighted by Gasteiger charge is 2.27. The van der Waals surface area contributed by atoms with Crippen molar-refractivity contribution in [1.29, 1.82) is 0 Å². The van der Waals surface area contributed by atoms with Gasteiger partial charge >= 0.3 is 6.03 Å². The maximum Gasteiger partial charge on any atom is 0.319 e. The van der Waals surface area contributed by atoms with Crippen LogP contribution in [0.25, 0.3) is 0 Å². The first kappa shape index (κ1) is 14.1. The van der Waals surface area contributed by atoms with Crippen molar-refractivity contribution in [3.8, 4) is 0 Å². The number of hydrogen-bond donors (Lipinski definition) is 3. The van der Waals surface area contributed by atoms with Gasteiger partial charge in [0.15, 0.2) is 0 Å². The summed E-state index contributed by atoms with van der Waals surface area (Å²) in [5.41, 5.74) is -0.681. The smallest absolute Gasteiger partial charge is 0.319 e. The van der Waals surface area contributed by atoms with E-state index in [-0.39, 0.29) is 6.54 Å². The van der Waals surface area contributed by atoms with Gasteiger partial charge in [-0.05, 0) is 26.0 Å². The number of aliphatic hydroxyl groups is 1. The van der Waals surface area contributed by atoms with Gasteiger partial charge in [-0.2, -0.15) is 5.10 Å². The fraction of sp³-hybridized carbons (Fsp3) is 0.385. The molecule has 20 heavy (non-hydrogen) atoms. The van der Waals surface area contributed by atoms with Gasteiger partial charge in [0.05, 0.1) is 18.4 Å². The van der Waals surface area contributed by atoms with E-state index in [0.717, 1.165) is 0 Å². The largest absolute Gasteiger partial charge is 0.463 e. The van der Waals surface area contributed by atoms with Gasteiger partial charge in [0, 0.05) is 13.2 Å². The van der Waals surface area contributed by atoms with Crippen LogP contribution in [0.5, 0.6) is 0 Å². The number of urea groups is 1. The topological polar surface area (TPSA) is 92.3 Å². The zero-order valence-corrected chi connectivity index (χ0v) is 11.7. The average molecular weight is 278 g/mol. The molecule has 0 saturated heterocycles. The molecule has 2 aromatic rings. The summed E-state index contributed by atoms with van der Waals surface area (Å²) in [5, 5.41) is 19.4. The van der Waals surface area contributed by atoms with Crippen molar-refractivity contribution in [1.82, 2.24) is 15.1 Å². The molecule has 7 nitrogen and oxygen atoms in total. The fourth-order valence-corrected chi connectivity index (χ4v) is 1.72. The van der Waals surface area contributed by atoms with E-state index in [0.29, 0.717) is 17.2 Å². The molecule has 0 spiro atoms. The molecule has 0 aromatic carbocycles. The number of carbonyl (C=O) groups excluding carboxylic acids is 1. The van der Waals surface area contributed by atoms with Gasteiger partial charge in [0.2, 0.25) is 0 Å². The fourth-order valence-electron chi connectivity index (χ4n) is 1.72. The SMILES string of the molecule is Cc1ccc(C(C)(O)CNC(=O)Nc2cnn(C)c2)o1. The summed E-state index contributed by atoms with van der Waals surface area (Å²) in [7, 11) is 1.76. The zero-order chi connectivity index (χ0) is 14.8. The molecule has 3 N–H and O–H groups in total. The van der Waals surface area contributed by atoms with E-state index in [1.165, 1.54) is 6.20 Å². The van der Waals surface area contributed by atoms with E-state index >= 15 is 0 Å². The number of nitrogens with zero attached hydrogens (tertiary/aromatic N) is 2. The molecule has 1 unspecified atom stereocenters. The van der Waals surface area contributed by atoms with Crippen LogP contribution in [-0.2, 0) is 12.6 Å². The Morgan fingerprint density at radius 3 is 2.85 bits per heavy atom. The molecule has 0 fully saturated rings. The Bertz CT molecular complexity index is 600. The molecule has 0 bridgehead atoms. The van der Waals surface area contributed by atoms with Crippen LogP contribution in [-0.4, -0.2) is 27.5 Å². The number of rotatable bonds is 4. The normalized spacial score (nSPS) is 13.8. The second kappa shape index (κ2) is 5.38. The van der Waals surface area contributed by atoms with Crippen LogP contribution in [0, 0.1) is 6.92 Å². The minimum absolute atomic E-state index is 0.0338. The van der Waals surface area contributed by atoms with Gasteiger partial charge in [0.1, 0.15) is 17.1 Å². The summed E-state index contributed by atoms with van der Waals surface area (Å²) in [6.07, 6.45) is 3.21. The lowest BCUT2D eigenvalue weighted by atomic mass is 10.0. The number of aryl methyl sites for hydroxylation is 2. The average Bonchev–Trinajstić information content (AvgIpc) is 2.96. The first-order valence-corrected chi connectivity index (χ1v) is 6.19. The Hall–Kier alpha value is -2.28. The maximum absolute atomic E-state index is 11.7. The number of furan rings is 1. The monoisotopic (exact) mass is 278 g/mol. The van der Waals surface area contributed by atoms with E-state index in [9.17, 15) is 9.90 Å². The third-order valence-corrected chi connectivity index (χ3v) is 2.83. The standard InChI is InChI=1S/C13H18N4O3/c1-9-4-5-11(20-9)13(2,19)8-14-12(18)16-10-6-15-17(3)7-10/h4-7,19H,8H2,1-3H3,(H2,14,16,18). The lowest BCUT2D eigenvalue weighted by Gasteiger charge is -2.21. The molecular formula is C13H18N4O3. The van der Waals surface area contributed by atoms with E-state index in [1.54, 1.807) is 43.9 Å². The van der Waals surface area contributed by atoms with Gasteiger partial charge in [-0.1, -0.05) is 0 Å². The highest BCUT2D eigenvalue weighted by atomic mass is 16.4. The summed E-state index contributed by atoms with van der Waals surface area (Å²) >= 11 is 0. The third kappa shape index (κ3) is 3.39. The first-order valence-electron chi connectivity index (χ1n) is 6.19. The molecule has 0 radical (unpaired) electrons. The second-order valence-electron chi connectivity index (χ2n) is 4.89. The third-order valence-electron chi connectivity index (χ3n) is 2.83.